The fourth-order valence-corrected chi connectivity index (χ4v) is 0. The van der Waals surface area contributed by atoms with Crippen LogP contribution < -0.4 is 0 Å². The van der Waals surface area contributed by atoms with E-state index in [1.807, 2.05) is 0 Å². The minimum atomic E-state index is 0. The molecule has 3 N–H and O–H groups in total. The van der Waals surface area contributed by atoms with Crippen molar-refractivity contribution in [2.45, 2.75) is 0 Å². The second-order valence-electron chi connectivity index (χ2n) is 0. The minimum absolute atomic E-state index is 0. The summed E-state index contributed by atoms with van der Waals surface area (Å²) in [6.07, 6.45) is 0. The zero-order chi connectivity index (χ0) is 2.00. The van der Waals surface area contributed by atoms with Gasteiger partial charge in [0.2, 0.25) is 0 Å². The number of aliphatic hydroxyl groups is 1. The summed E-state index contributed by atoms with van der Waals surface area (Å²) in [6, 6.07) is 0. The molecule has 0 aromatic heterocycles. The predicted molar refractivity (Wildman–Crippen MR) is 13.4 cm³/mol. The van der Waals surface area contributed by atoms with Gasteiger partial charge in [0.1, 0.15) is 0 Å². The number of hydrogen-bond donors (Lipinski definition) is 1. The minimum Gasteiger partial charge on any atom is -0.693 e. The van der Waals surface area contributed by atoms with Gasteiger partial charge in [0.25, 0.3) is 0 Å². The maximum absolute atomic E-state index is 7.00. The van der Waals surface area contributed by atoms with Gasteiger partial charge in [-0.1, -0.05) is 0 Å². The summed E-state index contributed by atoms with van der Waals surface area (Å²) in [4.78, 5) is 0. The first-order valence-corrected chi connectivity index (χ1v) is 0.447. The van der Waals surface area contributed by atoms with E-state index >= 15 is 0 Å². The Labute approximate surface area is 40.1 Å². The van der Waals surface area contributed by atoms with Crippen LogP contribution in [-0.2, 0) is 21.1 Å². The average molecular weight is 243 g/mol. The number of aliphatic hydroxyl groups excluding tert-OH is 1. The maximum atomic E-state index is 7.00. The summed E-state index contributed by atoms with van der Waals surface area (Å²) in [5.41, 5.74) is 0. The molecular weight excluding hydrogens is 237 g/mol. The Morgan fingerprint density at radius 2 is 1.25 bits per heavy atom. The Bertz CT molecular complexity index is 8.00. The van der Waals surface area contributed by atoms with Gasteiger partial charge in [-0.3, -0.25) is 0 Å². The smallest absolute Gasteiger partial charge is 0.0319 e. The molecule has 0 spiro atoms. The van der Waals surface area contributed by atoms with Crippen molar-refractivity contribution in [1.82, 2.24) is 0 Å². The van der Waals surface area contributed by atoms with Crippen LogP contribution in [0.2, 0.25) is 0 Å². The Hall–Kier alpha value is 0.608. The van der Waals surface area contributed by atoms with E-state index in [1.165, 1.54) is 0 Å². The third kappa shape index (κ3) is 18.2. The molecule has 0 aromatic rings. The first-order valence-electron chi connectivity index (χ1n) is 0.447. The summed E-state index contributed by atoms with van der Waals surface area (Å²) in [6.45, 7) is 0. The molecule has 0 aromatic carbocycles. The largest absolute Gasteiger partial charge is 0.693 e. The van der Waals surface area contributed by atoms with E-state index in [0.717, 1.165) is 7.11 Å². The van der Waals surface area contributed by atoms with Crippen molar-refractivity contribution in [1.29, 1.82) is 0 Å². The van der Waals surface area contributed by atoms with Crippen LogP contribution in [0.25, 0.3) is 6.15 Å². The van der Waals surface area contributed by atoms with Gasteiger partial charge in [0.05, 0.1) is 0 Å². The third-order valence-electron chi connectivity index (χ3n) is 0. The standard InChI is InChI=1S/CH4O.H2N.Pt/c1-2;;/h2H,1H3;1H2;/q;-1;. The molecule has 0 heterocycles. The van der Waals surface area contributed by atoms with E-state index in [1.54, 1.807) is 0 Å². The molecule has 0 fully saturated rings. The van der Waals surface area contributed by atoms with Crippen LogP contribution in [0.4, 0.5) is 0 Å². The molecule has 0 unspecified atom stereocenters. The van der Waals surface area contributed by atoms with Gasteiger partial charge in [0, 0.05) is 28.2 Å². The molecule has 0 aliphatic heterocycles. The maximum Gasteiger partial charge on any atom is 0.0319 e. The Balaban J connectivity index is -0.00000000500. The van der Waals surface area contributed by atoms with Gasteiger partial charge in [-0.05, 0) is 0 Å². The van der Waals surface area contributed by atoms with Crippen molar-refractivity contribution in [3.05, 3.63) is 6.15 Å². The van der Waals surface area contributed by atoms with E-state index in [0.29, 0.717) is 0 Å². The van der Waals surface area contributed by atoms with Gasteiger partial charge in [-0.15, -0.1) is 0 Å². The molecule has 0 bridgehead atoms. The zero-order valence-corrected chi connectivity index (χ0v) is 4.61. The number of hydrogen-bond acceptors (Lipinski definition) is 1. The fraction of sp³-hybridized carbons (Fsp3) is 1.00. The first-order chi connectivity index (χ1) is 1.00. The second kappa shape index (κ2) is 66.3. The monoisotopic (exact) mass is 243 g/mol. The van der Waals surface area contributed by atoms with E-state index < -0.39 is 0 Å². The second-order valence-corrected chi connectivity index (χ2v) is 0. The van der Waals surface area contributed by atoms with Gasteiger partial charge >= 0.3 is 0 Å². The normalized spacial score (nSPS) is 1.50. The quantitative estimate of drug-likeness (QED) is 0.654. The molecule has 2 nitrogen and oxygen atoms in total. The van der Waals surface area contributed by atoms with E-state index in [4.69, 9.17) is 5.11 Å². The molecule has 0 rings (SSSR count). The Kier molecular flexibility index (Phi) is 385. The van der Waals surface area contributed by atoms with Crippen LogP contribution in [0.1, 0.15) is 0 Å². The molecule has 0 atom stereocenters. The van der Waals surface area contributed by atoms with Gasteiger partial charge < -0.3 is 11.3 Å². The SMILES string of the molecule is CO.[NH2-].[Pt]. The topological polar surface area (TPSA) is 53.7 Å². The van der Waals surface area contributed by atoms with Gasteiger partial charge in [-0.2, -0.15) is 0 Å². The summed E-state index contributed by atoms with van der Waals surface area (Å²) >= 11 is 0. The van der Waals surface area contributed by atoms with Crippen LogP contribution in [0, 0.1) is 0 Å². The molecule has 0 radical (unpaired) electrons. The van der Waals surface area contributed by atoms with Gasteiger partial charge in [0.15, 0.2) is 0 Å². The van der Waals surface area contributed by atoms with Crippen molar-refractivity contribution >= 4 is 0 Å². The van der Waals surface area contributed by atoms with Crippen molar-refractivity contribution < 1.29 is 26.2 Å². The summed E-state index contributed by atoms with van der Waals surface area (Å²) < 4.78 is 0. The number of nitrogens with two attached hydrogens (primary N) is 1. The van der Waals surface area contributed by atoms with Crippen LogP contribution >= 0.6 is 0 Å². The molecule has 0 saturated heterocycles. The average Bonchev–Trinajstić information content (AvgIpc) is 1.00. The molecule has 3 heteroatoms. The first kappa shape index (κ1) is 23.2. The molecule has 0 aliphatic carbocycles. The van der Waals surface area contributed by atoms with E-state index in [-0.39, 0.29) is 27.2 Å². The van der Waals surface area contributed by atoms with E-state index in [2.05, 4.69) is 0 Å². The Morgan fingerprint density at radius 3 is 1.25 bits per heavy atom. The number of rotatable bonds is 0. The van der Waals surface area contributed by atoms with Crippen molar-refractivity contribution in [2.75, 3.05) is 7.11 Å². The zero-order valence-electron chi connectivity index (χ0n) is 2.34. The summed E-state index contributed by atoms with van der Waals surface area (Å²) in [5.74, 6) is 0. The molecule has 32 valence electrons. The summed E-state index contributed by atoms with van der Waals surface area (Å²) in [5, 5.41) is 7.00. The molecule has 4 heavy (non-hydrogen) atoms. The third-order valence-corrected chi connectivity index (χ3v) is 0. The summed E-state index contributed by atoms with van der Waals surface area (Å²) in [7, 11) is 1.00. The van der Waals surface area contributed by atoms with Crippen molar-refractivity contribution in [3.8, 4) is 0 Å². The fourth-order valence-electron chi connectivity index (χ4n) is 0. The Morgan fingerprint density at radius 1 is 1.25 bits per heavy atom. The molecule has 0 saturated carbocycles. The van der Waals surface area contributed by atoms with E-state index in [9.17, 15) is 0 Å². The van der Waals surface area contributed by atoms with Crippen molar-refractivity contribution in [3.63, 3.8) is 0 Å². The predicted octanol–water partition coefficient (Wildman–Crippen LogP) is 0.323. The van der Waals surface area contributed by atoms with Crippen LogP contribution in [0.5, 0.6) is 0 Å². The van der Waals surface area contributed by atoms with Gasteiger partial charge in [-0.25, -0.2) is 0 Å². The molecular formula is CH6NOPt-. The van der Waals surface area contributed by atoms with Crippen molar-refractivity contribution in [2.24, 2.45) is 0 Å². The van der Waals surface area contributed by atoms with Crippen LogP contribution in [0.15, 0.2) is 0 Å². The van der Waals surface area contributed by atoms with Crippen LogP contribution in [0.3, 0.4) is 0 Å². The molecule has 0 amide bonds. The molecule has 0 aliphatic rings. The van der Waals surface area contributed by atoms with Crippen LogP contribution in [-0.4, -0.2) is 12.2 Å².